The second-order valence-electron chi connectivity index (χ2n) is 28.8. The van der Waals surface area contributed by atoms with Crippen LogP contribution >= 0.6 is 0 Å². The van der Waals surface area contributed by atoms with Gasteiger partial charge >= 0.3 is 0 Å². The van der Waals surface area contributed by atoms with E-state index in [1.807, 2.05) is 13.8 Å². The highest BCUT2D eigenvalue weighted by Gasteiger charge is 2.31. The molecular weight excluding hydrogens is 1300 g/mol. The number of hydrogen-bond acceptors (Lipinski definition) is 7. The lowest BCUT2D eigenvalue weighted by molar-refractivity contribution is 0.0534. The van der Waals surface area contributed by atoms with Crippen LogP contribution in [0.25, 0.3) is 43.8 Å². The monoisotopic (exact) mass is 1410 g/mol. The maximum absolute atomic E-state index is 5.86. The van der Waals surface area contributed by atoms with Crippen molar-refractivity contribution < 1.29 is 33.2 Å². The van der Waals surface area contributed by atoms with Crippen molar-refractivity contribution in [1.82, 2.24) is 0 Å². The lowest BCUT2D eigenvalue weighted by Gasteiger charge is -2.25. The molecule has 0 spiro atoms. The number of hydrogen-bond donors (Lipinski definition) is 0. The Labute approximate surface area is 634 Å². The van der Waals surface area contributed by atoms with Crippen LogP contribution < -0.4 is 0 Å². The summed E-state index contributed by atoms with van der Waals surface area (Å²) in [4.78, 5) is 0. The molecule has 7 aliphatic carbocycles. The largest absolute Gasteiger partial charge is 0.381 e. The second-order valence-corrected chi connectivity index (χ2v) is 28.8. The molecule has 7 aliphatic rings. The average molecular weight is 1420 g/mol. The molecule has 7 heteroatoms. The van der Waals surface area contributed by atoms with Crippen LogP contribution in [-0.2, 0) is 78.1 Å². The Kier molecular flexibility index (Phi) is 29.2. The van der Waals surface area contributed by atoms with Crippen molar-refractivity contribution in [3.63, 3.8) is 0 Å². The molecule has 0 aromatic heterocycles. The Hall–Kier alpha value is -8.34. The zero-order valence-corrected chi connectivity index (χ0v) is 64.3. The molecule has 18 rings (SSSR count). The fraction of sp³-hybridized carbons (Fsp3) is 0.374. The summed E-state index contributed by atoms with van der Waals surface area (Å²) in [5, 5.41) is 5.67. The van der Waals surface area contributed by atoms with Gasteiger partial charge in [0.05, 0.1) is 32.5 Å². The molecule has 0 saturated carbocycles. The smallest absolute Gasteiger partial charge is 0.109 e. The number of aryl methyl sites for hydroxylation is 3. The van der Waals surface area contributed by atoms with Crippen molar-refractivity contribution >= 4 is 21.5 Å². The summed E-state index contributed by atoms with van der Waals surface area (Å²) in [6, 6.07) is 87.0. The quantitative estimate of drug-likeness (QED) is 0.0799. The summed E-state index contributed by atoms with van der Waals surface area (Å²) in [5.74, 6) is 2.90. The molecule has 0 saturated heterocycles. The maximum Gasteiger partial charge on any atom is 0.109 e. The molecule has 0 radical (unpaired) electrons. The third kappa shape index (κ3) is 19.3. The predicted molar refractivity (Wildman–Crippen MR) is 440 cm³/mol. The van der Waals surface area contributed by atoms with E-state index in [-0.39, 0.29) is 6.10 Å². The Bertz CT molecular complexity index is 4330. The van der Waals surface area contributed by atoms with Crippen LogP contribution in [0.15, 0.2) is 243 Å². The van der Waals surface area contributed by atoms with E-state index in [2.05, 4.69) is 277 Å². The molecule has 11 aromatic rings. The first kappa shape index (κ1) is 77.3. The van der Waals surface area contributed by atoms with Crippen LogP contribution in [0, 0.1) is 5.92 Å². The van der Waals surface area contributed by atoms with Gasteiger partial charge in [-0.15, -0.1) is 0 Å². The Morgan fingerprint density at radius 3 is 1.14 bits per heavy atom. The van der Waals surface area contributed by atoms with Gasteiger partial charge in [-0.25, -0.2) is 0 Å². The standard InChI is InChI=1S/C16H16O.2C15H16O.C15H14O.2C13H18O.C12H16O/c1-2-17-11-16-14-9-5-3-7-12(14)13-8-4-6-10-15(13)16;2*1-2-16-10-13-9-12-7-3-5-11-6-4-8-14(13)15(11)12;1-2-16-15-13-9-5-3-7-11(13)12-8-4-6-10-14(12)15;1-2-14-10-12-8-5-7-11-6-3-4-9-13(11)12;1-2-14-10-11-7-8-12-5-3-4-6-13(12)9-11;1-2-13-12-8-7-10-5-3-4-6-11(10)9-12/h3-10,16H,2,11H2,1H3;2*3-8,13H,2,9-10H2,1H3;3-10,15H,2H2,1H3;3-4,6,9,12H,2,5,7-8,10H2,1H3;3-6,11H,2,7-10H2,1H3;3-6,12H,2,7-9H2,1H3. The third-order valence-corrected chi connectivity index (χ3v) is 22.2. The van der Waals surface area contributed by atoms with Gasteiger partial charge in [0.25, 0.3) is 0 Å². The number of ether oxygens (including phenoxy) is 7. The molecule has 7 nitrogen and oxygen atoms in total. The fourth-order valence-electron chi connectivity index (χ4n) is 17.1. The summed E-state index contributed by atoms with van der Waals surface area (Å²) in [7, 11) is 0. The zero-order chi connectivity index (χ0) is 73.2. The highest BCUT2D eigenvalue weighted by Crippen LogP contribution is 2.47. The Morgan fingerprint density at radius 2 is 0.642 bits per heavy atom. The zero-order valence-electron chi connectivity index (χ0n) is 64.3. The Morgan fingerprint density at radius 1 is 0.264 bits per heavy atom. The lowest BCUT2D eigenvalue weighted by Crippen LogP contribution is -2.22. The van der Waals surface area contributed by atoms with Crippen molar-refractivity contribution in [3.05, 3.63) is 321 Å². The van der Waals surface area contributed by atoms with E-state index in [0.29, 0.717) is 29.8 Å². The number of rotatable bonds is 19. The summed E-state index contributed by atoms with van der Waals surface area (Å²) in [6.07, 6.45) is 13.9. The molecule has 0 fully saturated rings. The minimum absolute atomic E-state index is 0.123. The van der Waals surface area contributed by atoms with Gasteiger partial charge < -0.3 is 33.2 Å². The van der Waals surface area contributed by atoms with Gasteiger partial charge in [-0.3, -0.25) is 0 Å². The van der Waals surface area contributed by atoms with E-state index >= 15 is 0 Å². The van der Waals surface area contributed by atoms with Crippen molar-refractivity contribution in [2.45, 2.75) is 155 Å². The van der Waals surface area contributed by atoms with Crippen molar-refractivity contribution in [2.75, 3.05) is 79.3 Å². The molecule has 0 heterocycles. The number of fused-ring (bicyclic) bond motifs is 9. The summed E-state index contributed by atoms with van der Waals surface area (Å²) in [5.41, 5.74) is 25.8. The summed E-state index contributed by atoms with van der Waals surface area (Å²) >= 11 is 0. The third-order valence-electron chi connectivity index (χ3n) is 22.2. The van der Waals surface area contributed by atoms with E-state index < -0.39 is 0 Å². The van der Waals surface area contributed by atoms with Crippen LogP contribution in [0.1, 0.15) is 182 Å². The Balaban J connectivity index is 0.000000116. The molecule has 0 amide bonds. The predicted octanol–water partition coefficient (Wildman–Crippen LogP) is 23.2. The summed E-state index contributed by atoms with van der Waals surface area (Å²) in [6.45, 7) is 24.4. The molecular formula is C99H114O7. The minimum Gasteiger partial charge on any atom is -0.381 e. The van der Waals surface area contributed by atoms with Crippen LogP contribution in [-0.4, -0.2) is 85.4 Å². The van der Waals surface area contributed by atoms with Crippen LogP contribution in [0.3, 0.4) is 0 Å². The van der Waals surface area contributed by atoms with Gasteiger partial charge in [0.1, 0.15) is 6.10 Å². The van der Waals surface area contributed by atoms with Gasteiger partial charge in [-0.2, -0.15) is 0 Å². The van der Waals surface area contributed by atoms with Crippen LogP contribution in [0.2, 0.25) is 0 Å². The van der Waals surface area contributed by atoms with Gasteiger partial charge in [0.15, 0.2) is 0 Å². The van der Waals surface area contributed by atoms with Crippen molar-refractivity contribution in [2.24, 2.45) is 5.92 Å². The molecule has 0 N–H and O–H groups in total. The van der Waals surface area contributed by atoms with E-state index in [4.69, 9.17) is 33.2 Å². The first-order chi connectivity index (χ1) is 52.3. The van der Waals surface area contributed by atoms with E-state index in [0.717, 1.165) is 104 Å². The molecule has 552 valence electrons. The first-order valence-electron chi connectivity index (χ1n) is 40.0. The normalized spacial score (nSPS) is 17.7. The topological polar surface area (TPSA) is 64.6 Å². The number of benzene rings is 11. The molecule has 0 aliphatic heterocycles. The average Bonchev–Trinajstić information content (AvgIpc) is 1.63. The maximum atomic E-state index is 5.86. The SMILES string of the molecule is CCOC1CCc2ccccc2C1.CCOC1c2ccccc2-c2ccccc21.CCOCC1CCCc2ccccc21.CCOCC1CCc2ccccc2C1.CCOCC1Cc2cccc3cccc1c23.CCOCC1Cc2cccc3cccc1c23.CCOCC1c2ccccc2-c2ccccc21. The minimum atomic E-state index is 0.123. The highest BCUT2D eigenvalue weighted by molar-refractivity contribution is 5.92. The molecule has 5 unspecified atom stereocenters. The fourth-order valence-corrected chi connectivity index (χ4v) is 17.1. The van der Waals surface area contributed by atoms with Gasteiger partial charge in [0.2, 0.25) is 0 Å². The van der Waals surface area contributed by atoms with E-state index in [9.17, 15) is 0 Å². The van der Waals surface area contributed by atoms with Crippen molar-refractivity contribution in [1.29, 1.82) is 0 Å². The first-order valence-corrected chi connectivity index (χ1v) is 40.0. The van der Waals surface area contributed by atoms with E-state index in [1.54, 1.807) is 5.56 Å². The summed E-state index contributed by atoms with van der Waals surface area (Å²) < 4.78 is 39.3. The molecule has 5 atom stereocenters. The van der Waals surface area contributed by atoms with Gasteiger partial charge in [0, 0.05) is 76.5 Å². The second kappa shape index (κ2) is 40.0. The molecule has 11 aromatic carbocycles. The lowest BCUT2D eigenvalue weighted by atomic mass is 9.83. The van der Waals surface area contributed by atoms with Crippen molar-refractivity contribution in [3.8, 4) is 22.3 Å². The highest BCUT2D eigenvalue weighted by atomic mass is 16.5. The molecule has 106 heavy (non-hydrogen) atoms. The van der Waals surface area contributed by atoms with Crippen LogP contribution in [0.5, 0.6) is 0 Å². The van der Waals surface area contributed by atoms with Gasteiger partial charge in [-0.1, -0.05) is 243 Å². The van der Waals surface area contributed by atoms with Crippen LogP contribution in [0.4, 0.5) is 0 Å². The van der Waals surface area contributed by atoms with Gasteiger partial charge in [-0.05, 0) is 247 Å². The van der Waals surface area contributed by atoms with E-state index in [1.165, 1.54) is 167 Å². The molecule has 0 bridgehead atoms.